The van der Waals surface area contributed by atoms with Gasteiger partial charge < -0.3 is 9.47 Å². The Morgan fingerprint density at radius 2 is 1.08 bits per heavy atom. The van der Waals surface area contributed by atoms with Crippen molar-refractivity contribution in [3.8, 4) is 23.6 Å². The Hall–Kier alpha value is -2.20. The number of nitrogens with zero attached hydrogens (tertiary/aromatic N) is 2. The highest BCUT2D eigenvalue weighted by atomic mass is 16.5. The standard InChI is InChI=1S/C22H28N2O2/c23-13-19-11-21(25-15-17-7-3-1-4-8-17)22(12-20(19)14-24)26-16-18-9-5-2-6-10-18/h11-12,17-18H,1-10,15-16H2. The molecule has 138 valence electrons. The average molecular weight is 352 g/mol. The van der Waals surface area contributed by atoms with Gasteiger partial charge in [-0.15, -0.1) is 0 Å². The van der Waals surface area contributed by atoms with E-state index < -0.39 is 0 Å². The van der Waals surface area contributed by atoms with Crippen LogP contribution in [0.25, 0.3) is 0 Å². The fraction of sp³-hybridized carbons (Fsp3) is 0.636. The molecule has 2 aliphatic rings. The summed E-state index contributed by atoms with van der Waals surface area (Å²) in [6.07, 6.45) is 12.6. The molecule has 3 rings (SSSR count). The molecule has 0 bridgehead atoms. The molecule has 0 amide bonds. The molecular formula is C22H28N2O2. The van der Waals surface area contributed by atoms with Gasteiger partial charge in [0.1, 0.15) is 12.1 Å². The highest BCUT2D eigenvalue weighted by Gasteiger charge is 2.19. The van der Waals surface area contributed by atoms with E-state index in [2.05, 4.69) is 12.1 Å². The van der Waals surface area contributed by atoms with Crippen LogP contribution in [-0.2, 0) is 0 Å². The zero-order valence-electron chi connectivity index (χ0n) is 15.5. The van der Waals surface area contributed by atoms with Crippen LogP contribution >= 0.6 is 0 Å². The molecular weight excluding hydrogens is 324 g/mol. The number of benzene rings is 1. The quantitative estimate of drug-likeness (QED) is 0.692. The van der Waals surface area contributed by atoms with Crippen molar-refractivity contribution >= 4 is 0 Å². The van der Waals surface area contributed by atoms with Crippen LogP contribution in [0, 0.1) is 34.5 Å². The lowest BCUT2D eigenvalue weighted by atomic mass is 9.90. The fourth-order valence-electron chi connectivity index (χ4n) is 4.09. The normalized spacial score (nSPS) is 18.7. The van der Waals surface area contributed by atoms with Crippen LogP contribution in [0.1, 0.15) is 75.3 Å². The fourth-order valence-corrected chi connectivity index (χ4v) is 4.09. The molecule has 0 atom stereocenters. The van der Waals surface area contributed by atoms with Crippen LogP contribution in [0.5, 0.6) is 11.5 Å². The van der Waals surface area contributed by atoms with Gasteiger partial charge >= 0.3 is 0 Å². The molecule has 1 aromatic carbocycles. The van der Waals surface area contributed by atoms with Crippen molar-refractivity contribution in [3.05, 3.63) is 23.3 Å². The first kappa shape index (κ1) is 18.6. The molecule has 0 aliphatic heterocycles. The predicted octanol–water partition coefficient (Wildman–Crippen LogP) is 5.35. The highest BCUT2D eigenvalue weighted by molar-refractivity contribution is 5.56. The summed E-state index contributed by atoms with van der Waals surface area (Å²) in [5.74, 6) is 2.39. The van der Waals surface area contributed by atoms with E-state index in [4.69, 9.17) is 9.47 Å². The lowest BCUT2D eigenvalue weighted by Crippen LogP contribution is -2.17. The molecule has 0 radical (unpaired) electrons. The summed E-state index contributed by atoms with van der Waals surface area (Å²) in [7, 11) is 0. The molecule has 0 aromatic heterocycles. The zero-order chi connectivity index (χ0) is 18.2. The first-order valence-corrected chi connectivity index (χ1v) is 10.0. The maximum atomic E-state index is 9.32. The van der Waals surface area contributed by atoms with Gasteiger partial charge in [0.15, 0.2) is 11.5 Å². The van der Waals surface area contributed by atoms with Crippen molar-refractivity contribution in [2.45, 2.75) is 64.2 Å². The summed E-state index contributed by atoms with van der Waals surface area (Å²) in [6.45, 7) is 1.33. The molecule has 2 fully saturated rings. The SMILES string of the molecule is N#Cc1cc(OCC2CCCCC2)c(OCC2CCCCC2)cc1C#N. The number of hydrogen-bond acceptors (Lipinski definition) is 4. The van der Waals surface area contributed by atoms with Crippen molar-refractivity contribution < 1.29 is 9.47 Å². The van der Waals surface area contributed by atoms with Gasteiger partial charge in [-0.3, -0.25) is 0 Å². The molecule has 0 heterocycles. The average Bonchev–Trinajstić information content (AvgIpc) is 2.72. The number of ether oxygens (including phenoxy) is 2. The van der Waals surface area contributed by atoms with Gasteiger partial charge in [0, 0.05) is 12.1 Å². The second-order valence-corrected chi connectivity index (χ2v) is 7.70. The summed E-state index contributed by atoms with van der Waals surface area (Å²) in [6, 6.07) is 7.56. The second-order valence-electron chi connectivity index (χ2n) is 7.70. The van der Waals surface area contributed by atoms with E-state index in [0.29, 0.717) is 47.7 Å². The molecule has 0 saturated heterocycles. The van der Waals surface area contributed by atoms with E-state index in [9.17, 15) is 10.5 Å². The van der Waals surface area contributed by atoms with Gasteiger partial charge in [0.25, 0.3) is 0 Å². The molecule has 2 saturated carbocycles. The largest absolute Gasteiger partial charge is 0.489 e. The monoisotopic (exact) mass is 352 g/mol. The van der Waals surface area contributed by atoms with Gasteiger partial charge in [-0.1, -0.05) is 38.5 Å². The first-order chi connectivity index (χ1) is 12.8. The lowest BCUT2D eigenvalue weighted by molar-refractivity contribution is 0.180. The molecule has 4 nitrogen and oxygen atoms in total. The number of rotatable bonds is 6. The van der Waals surface area contributed by atoms with Crippen LogP contribution in [0.3, 0.4) is 0 Å². The minimum Gasteiger partial charge on any atom is -0.489 e. The van der Waals surface area contributed by atoms with Gasteiger partial charge in [-0.05, 0) is 37.5 Å². The van der Waals surface area contributed by atoms with Crippen molar-refractivity contribution in [1.82, 2.24) is 0 Å². The minimum atomic E-state index is 0.358. The Balaban J connectivity index is 1.71. The van der Waals surface area contributed by atoms with E-state index in [-0.39, 0.29) is 0 Å². The Morgan fingerprint density at radius 1 is 0.692 bits per heavy atom. The first-order valence-electron chi connectivity index (χ1n) is 10.0. The van der Waals surface area contributed by atoms with E-state index in [0.717, 1.165) is 0 Å². The van der Waals surface area contributed by atoms with Crippen LogP contribution < -0.4 is 9.47 Å². The highest BCUT2D eigenvalue weighted by Crippen LogP contribution is 2.34. The van der Waals surface area contributed by atoms with Crippen molar-refractivity contribution in [2.24, 2.45) is 11.8 Å². The zero-order valence-corrected chi connectivity index (χ0v) is 15.5. The van der Waals surface area contributed by atoms with E-state index in [1.165, 1.54) is 64.2 Å². The molecule has 26 heavy (non-hydrogen) atoms. The third-order valence-electron chi connectivity index (χ3n) is 5.72. The summed E-state index contributed by atoms with van der Waals surface area (Å²) < 4.78 is 12.1. The van der Waals surface area contributed by atoms with Gasteiger partial charge in [0.05, 0.1) is 24.3 Å². The smallest absolute Gasteiger partial charge is 0.162 e. The maximum absolute atomic E-state index is 9.32. The summed E-state index contributed by atoms with van der Waals surface area (Å²) in [4.78, 5) is 0. The van der Waals surface area contributed by atoms with Crippen LogP contribution in [0.15, 0.2) is 12.1 Å². The lowest BCUT2D eigenvalue weighted by Gasteiger charge is -2.24. The molecule has 0 N–H and O–H groups in total. The van der Waals surface area contributed by atoms with Crippen molar-refractivity contribution in [1.29, 1.82) is 10.5 Å². The van der Waals surface area contributed by atoms with Crippen molar-refractivity contribution in [3.63, 3.8) is 0 Å². The number of nitriles is 2. The molecule has 2 aliphatic carbocycles. The third-order valence-corrected chi connectivity index (χ3v) is 5.72. The topological polar surface area (TPSA) is 66.0 Å². The number of hydrogen-bond donors (Lipinski definition) is 0. The second kappa shape index (κ2) is 9.48. The van der Waals surface area contributed by atoms with E-state index >= 15 is 0 Å². The van der Waals surface area contributed by atoms with E-state index in [1.54, 1.807) is 12.1 Å². The van der Waals surface area contributed by atoms with Gasteiger partial charge in [0.2, 0.25) is 0 Å². The Morgan fingerprint density at radius 3 is 1.42 bits per heavy atom. The Labute approximate surface area is 156 Å². The molecule has 4 heteroatoms. The Kier molecular flexibility index (Phi) is 6.78. The Bertz CT molecular complexity index is 616. The van der Waals surface area contributed by atoms with Crippen molar-refractivity contribution in [2.75, 3.05) is 13.2 Å². The van der Waals surface area contributed by atoms with Crippen LogP contribution in [0.4, 0.5) is 0 Å². The summed E-state index contributed by atoms with van der Waals surface area (Å²) in [5.41, 5.74) is 0.715. The van der Waals surface area contributed by atoms with Crippen LogP contribution in [-0.4, -0.2) is 13.2 Å². The van der Waals surface area contributed by atoms with E-state index in [1.807, 2.05) is 0 Å². The predicted molar refractivity (Wildman–Crippen MR) is 100 cm³/mol. The molecule has 0 spiro atoms. The third kappa shape index (κ3) is 4.92. The summed E-state index contributed by atoms with van der Waals surface area (Å²) in [5, 5.41) is 18.6. The van der Waals surface area contributed by atoms with Gasteiger partial charge in [-0.2, -0.15) is 10.5 Å². The summed E-state index contributed by atoms with van der Waals surface area (Å²) >= 11 is 0. The molecule has 0 unspecified atom stereocenters. The van der Waals surface area contributed by atoms with Gasteiger partial charge in [-0.25, -0.2) is 0 Å². The van der Waals surface area contributed by atoms with Crippen LogP contribution in [0.2, 0.25) is 0 Å². The molecule has 1 aromatic rings. The minimum absolute atomic E-state index is 0.358. The maximum Gasteiger partial charge on any atom is 0.162 e.